The van der Waals surface area contributed by atoms with E-state index in [0.717, 1.165) is 11.1 Å². The standard InChI is InChI=1S/C16H16N2O2/c1-12-4-3-5-13(10-12)11-17-18-16(19)14-6-8-15(20-2)9-7-14/h3-11H,1-2H3,(H,18,19). The normalized spacial score (nSPS) is 10.5. The molecule has 0 aliphatic rings. The number of methoxy groups -OCH3 is 1. The summed E-state index contributed by atoms with van der Waals surface area (Å²) in [7, 11) is 1.58. The molecule has 2 aromatic rings. The first kappa shape index (κ1) is 13.8. The molecule has 2 rings (SSSR count). The van der Waals surface area contributed by atoms with Gasteiger partial charge in [-0.15, -0.1) is 0 Å². The number of nitrogens with one attached hydrogen (secondary N) is 1. The smallest absolute Gasteiger partial charge is 0.271 e. The summed E-state index contributed by atoms with van der Waals surface area (Å²) in [5.74, 6) is 0.460. The Morgan fingerprint density at radius 2 is 1.95 bits per heavy atom. The SMILES string of the molecule is COc1ccc(C(=O)NN=Cc2cccc(C)c2)cc1. The zero-order valence-electron chi connectivity index (χ0n) is 11.5. The minimum atomic E-state index is -0.253. The summed E-state index contributed by atoms with van der Waals surface area (Å²) in [5.41, 5.74) is 5.12. The molecule has 0 spiro atoms. The summed E-state index contributed by atoms with van der Waals surface area (Å²) in [6.07, 6.45) is 1.62. The summed E-state index contributed by atoms with van der Waals surface area (Å²) >= 11 is 0. The molecule has 1 N–H and O–H groups in total. The predicted molar refractivity (Wildman–Crippen MR) is 79.2 cm³/mol. The monoisotopic (exact) mass is 268 g/mol. The first-order valence-corrected chi connectivity index (χ1v) is 6.23. The van der Waals surface area contributed by atoms with Crippen LogP contribution in [0.15, 0.2) is 53.6 Å². The molecule has 0 aliphatic carbocycles. The minimum Gasteiger partial charge on any atom is -0.497 e. The van der Waals surface area contributed by atoms with Crippen LogP contribution in [0.4, 0.5) is 0 Å². The highest BCUT2D eigenvalue weighted by Crippen LogP contribution is 2.11. The van der Waals surface area contributed by atoms with Gasteiger partial charge in [-0.2, -0.15) is 5.10 Å². The number of carbonyl (C=O) groups excluding carboxylic acids is 1. The molecule has 2 aromatic carbocycles. The Morgan fingerprint density at radius 1 is 1.20 bits per heavy atom. The van der Waals surface area contributed by atoms with Gasteiger partial charge in [0, 0.05) is 5.56 Å². The molecule has 1 amide bonds. The van der Waals surface area contributed by atoms with Crippen LogP contribution in [0.3, 0.4) is 0 Å². The average Bonchev–Trinajstić information content (AvgIpc) is 2.47. The van der Waals surface area contributed by atoms with E-state index >= 15 is 0 Å². The Kier molecular flexibility index (Phi) is 4.50. The second-order valence-corrected chi connectivity index (χ2v) is 4.34. The lowest BCUT2D eigenvalue weighted by Crippen LogP contribution is -2.17. The van der Waals surface area contributed by atoms with Crippen LogP contribution in [0.5, 0.6) is 5.75 Å². The van der Waals surface area contributed by atoms with Gasteiger partial charge in [0.25, 0.3) is 5.91 Å². The van der Waals surface area contributed by atoms with E-state index in [4.69, 9.17) is 4.74 Å². The highest BCUT2D eigenvalue weighted by Gasteiger charge is 2.03. The maximum absolute atomic E-state index is 11.8. The van der Waals surface area contributed by atoms with Crippen molar-refractivity contribution in [2.45, 2.75) is 6.92 Å². The van der Waals surface area contributed by atoms with Gasteiger partial charge in [-0.25, -0.2) is 5.43 Å². The fourth-order valence-electron chi connectivity index (χ4n) is 1.72. The third-order valence-corrected chi connectivity index (χ3v) is 2.77. The summed E-state index contributed by atoms with van der Waals surface area (Å²) in [4.78, 5) is 11.8. The summed E-state index contributed by atoms with van der Waals surface area (Å²) in [6, 6.07) is 14.7. The Hall–Kier alpha value is -2.62. The third kappa shape index (κ3) is 3.68. The molecule has 0 heterocycles. The van der Waals surface area contributed by atoms with E-state index in [2.05, 4.69) is 10.5 Å². The van der Waals surface area contributed by atoms with Crippen LogP contribution in [0.2, 0.25) is 0 Å². The third-order valence-electron chi connectivity index (χ3n) is 2.77. The van der Waals surface area contributed by atoms with Gasteiger partial charge in [-0.1, -0.05) is 29.8 Å². The fourth-order valence-corrected chi connectivity index (χ4v) is 1.72. The van der Waals surface area contributed by atoms with E-state index in [1.165, 1.54) is 0 Å². The van der Waals surface area contributed by atoms with Crippen LogP contribution in [-0.4, -0.2) is 19.2 Å². The summed E-state index contributed by atoms with van der Waals surface area (Å²) in [5, 5.41) is 3.95. The van der Waals surface area contributed by atoms with Crippen LogP contribution in [-0.2, 0) is 0 Å². The zero-order valence-corrected chi connectivity index (χ0v) is 11.5. The van der Waals surface area contributed by atoms with E-state index in [9.17, 15) is 4.79 Å². The van der Waals surface area contributed by atoms with Crippen molar-refractivity contribution in [2.24, 2.45) is 5.10 Å². The maximum atomic E-state index is 11.8. The number of hydrazone groups is 1. The van der Waals surface area contributed by atoms with Gasteiger partial charge in [0.15, 0.2) is 0 Å². The molecule has 0 aromatic heterocycles. The first-order chi connectivity index (χ1) is 9.69. The molecular weight excluding hydrogens is 252 g/mol. The van der Waals surface area contributed by atoms with Crippen molar-refractivity contribution in [1.29, 1.82) is 0 Å². The number of ether oxygens (including phenoxy) is 1. The molecule has 0 atom stereocenters. The van der Waals surface area contributed by atoms with Crippen LogP contribution >= 0.6 is 0 Å². The zero-order chi connectivity index (χ0) is 14.4. The molecule has 0 saturated carbocycles. The van der Waals surface area contributed by atoms with Gasteiger partial charge >= 0.3 is 0 Å². The second-order valence-electron chi connectivity index (χ2n) is 4.34. The molecular formula is C16H16N2O2. The van der Waals surface area contributed by atoms with Crippen LogP contribution < -0.4 is 10.2 Å². The Morgan fingerprint density at radius 3 is 2.60 bits per heavy atom. The van der Waals surface area contributed by atoms with Crippen LogP contribution in [0.1, 0.15) is 21.5 Å². The lowest BCUT2D eigenvalue weighted by Gasteiger charge is -2.02. The van der Waals surface area contributed by atoms with Crippen LogP contribution in [0.25, 0.3) is 0 Å². The Labute approximate surface area is 118 Å². The van der Waals surface area contributed by atoms with E-state index < -0.39 is 0 Å². The van der Waals surface area contributed by atoms with Gasteiger partial charge < -0.3 is 4.74 Å². The topological polar surface area (TPSA) is 50.7 Å². The van der Waals surface area contributed by atoms with Gasteiger partial charge in [0.05, 0.1) is 13.3 Å². The molecule has 0 radical (unpaired) electrons. The predicted octanol–water partition coefficient (Wildman–Crippen LogP) is 2.77. The lowest BCUT2D eigenvalue weighted by molar-refractivity contribution is 0.0955. The van der Waals surface area contributed by atoms with E-state index in [-0.39, 0.29) is 5.91 Å². The van der Waals surface area contributed by atoms with Crippen molar-refractivity contribution in [1.82, 2.24) is 5.43 Å². The number of rotatable bonds is 4. The van der Waals surface area contributed by atoms with Crippen molar-refractivity contribution in [3.63, 3.8) is 0 Å². The number of aryl methyl sites for hydroxylation is 1. The molecule has 0 aliphatic heterocycles. The molecule has 0 bridgehead atoms. The van der Waals surface area contributed by atoms with Gasteiger partial charge in [0.1, 0.15) is 5.75 Å². The van der Waals surface area contributed by atoms with Crippen molar-refractivity contribution >= 4 is 12.1 Å². The summed E-state index contributed by atoms with van der Waals surface area (Å²) in [6.45, 7) is 2.01. The molecule has 4 nitrogen and oxygen atoms in total. The molecule has 102 valence electrons. The molecule has 0 saturated heterocycles. The van der Waals surface area contributed by atoms with E-state index in [0.29, 0.717) is 11.3 Å². The van der Waals surface area contributed by atoms with Gasteiger partial charge in [-0.05, 0) is 36.8 Å². The van der Waals surface area contributed by atoms with Crippen molar-refractivity contribution in [2.75, 3.05) is 7.11 Å². The van der Waals surface area contributed by atoms with Gasteiger partial charge in [-0.3, -0.25) is 4.79 Å². The van der Waals surface area contributed by atoms with Crippen LogP contribution in [0, 0.1) is 6.92 Å². The highest BCUT2D eigenvalue weighted by molar-refractivity contribution is 5.95. The lowest BCUT2D eigenvalue weighted by atomic mass is 10.2. The number of hydrogen-bond acceptors (Lipinski definition) is 3. The number of hydrogen-bond donors (Lipinski definition) is 1. The van der Waals surface area contributed by atoms with Crippen molar-refractivity contribution in [3.8, 4) is 5.75 Å². The largest absolute Gasteiger partial charge is 0.497 e. The fraction of sp³-hybridized carbons (Fsp3) is 0.125. The van der Waals surface area contributed by atoms with Crippen molar-refractivity contribution in [3.05, 3.63) is 65.2 Å². The molecule has 20 heavy (non-hydrogen) atoms. The number of nitrogens with zero attached hydrogens (tertiary/aromatic N) is 1. The first-order valence-electron chi connectivity index (χ1n) is 6.23. The maximum Gasteiger partial charge on any atom is 0.271 e. The summed E-state index contributed by atoms with van der Waals surface area (Å²) < 4.78 is 5.04. The number of benzene rings is 2. The average molecular weight is 268 g/mol. The van der Waals surface area contributed by atoms with E-state index in [1.807, 2.05) is 31.2 Å². The second kappa shape index (κ2) is 6.52. The quantitative estimate of drug-likeness (QED) is 0.684. The van der Waals surface area contributed by atoms with E-state index in [1.54, 1.807) is 37.6 Å². The molecule has 0 unspecified atom stereocenters. The highest BCUT2D eigenvalue weighted by atomic mass is 16.5. The Balaban J connectivity index is 1.97. The Bertz CT molecular complexity index is 619. The number of carbonyl (C=O) groups is 1. The van der Waals surface area contributed by atoms with Gasteiger partial charge in [0.2, 0.25) is 0 Å². The minimum absolute atomic E-state index is 0.253. The molecule has 4 heteroatoms. The number of amides is 1. The van der Waals surface area contributed by atoms with Crippen molar-refractivity contribution < 1.29 is 9.53 Å². The molecule has 0 fully saturated rings.